The van der Waals surface area contributed by atoms with Gasteiger partial charge in [0.2, 0.25) is 23.5 Å². The largest absolute Gasteiger partial charge is 0.449 e. The molecular weight excluding hydrogens is 859 g/mol. The van der Waals surface area contributed by atoms with Crippen molar-refractivity contribution >= 4 is 35.2 Å². The molecule has 17 nitrogen and oxygen atoms in total. The van der Waals surface area contributed by atoms with Crippen molar-refractivity contribution in [3.63, 3.8) is 0 Å². The molecular formula is C47H69N5O12S. The van der Waals surface area contributed by atoms with E-state index in [1.165, 1.54) is 4.90 Å². The fourth-order valence-electron chi connectivity index (χ4n) is 10.4. The maximum Gasteiger partial charge on any atom is 0.407 e. The molecule has 8 rings (SSSR count). The van der Waals surface area contributed by atoms with Crippen LogP contribution in [-0.4, -0.2) is 127 Å². The van der Waals surface area contributed by atoms with Gasteiger partial charge in [-0.25, -0.2) is 19.6 Å². The third-order valence-corrected chi connectivity index (χ3v) is 15.0. The standard InChI is InChI=1S/C47H69N5O12S/c1-28-8-13-35-29(2)37(61-43-47(35)34(28)14-17-46(7,62-43)63-64-47)15-20-60-44(57)48-18-21-59-23-22-58-19-16-38(54)51-40(45(4,5)6)42(56)52-26-33(53)24-36(52)41(55)49-25-31-9-11-32(12-10-31)39-30(3)50-27-65-39/h9-12,27-29,33-37,40,43,53H,8,13-26H2,1-7H3,(H,48,57)(H,49,55)(H,51,54). The second-order valence-corrected chi connectivity index (χ2v) is 20.6. The van der Waals surface area contributed by atoms with Crippen LogP contribution in [0.4, 0.5) is 4.79 Å². The molecule has 1 saturated carbocycles. The summed E-state index contributed by atoms with van der Waals surface area (Å²) in [5.74, 6) is -0.853. The van der Waals surface area contributed by atoms with E-state index >= 15 is 0 Å². The highest BCUT2D eigenvalue weighted by atomic mass is 32.1. The summed E-state index contributed by atoms with van der Waals surface area (Å²) in [6.07, 6.45) is 2.40. The maximum atomic E-state index is 14.0. The Hall–Kier alpha value is -3.75. The van der Waals surface area contributed by atoms with Crippen molar-refractivity contribution in [2.24, 2.45) is 29.1 Å². The first-order chi connectivity index (χ1) is 31.0. The smallest absolute Gasteiger partial charge is 0.407 e. The first kappa shape index (κ1) is 49.2. The molecule has 65 heavy (non-hydrogen) atoms. The number of hydrogen-bond donors (Lipinski definition) is 4. The number of nitrogens with one attached hydrogen (secondary N) is 3. The highest BCUT2D eigenvalue weighted by Gasteiger charge is 2.69. The van der Waals surface area contributed by atoms with Gasteiger partial charge in [-0.15, -0.1) is 11.3 Å². The van der Waals surface area contributed by atoms with Gasteiger partial charge in [-0.1, -0.05) is 58.9 Å². The molecule has 6 aliphatic rings. The van der Waals surface area contributed by atoms with Crippen LogP contribution in [0.3, 0.4) is 0 Å². The monoisotopic (exact) mass is 927 g/mol. The van der Waals surface area contributed by atoms with Gasteiger partial charge in [0.1, 0.15) is 12.1 Å². The van der Waals surface area contributed by atoms with E-state index in [2.05, 4.69) is 34.8 Å². The first-order valence-corrected chi connectivity index (χ1v) is 24.2. The Morgan fingerprint density at radius 1 is 0.985 bits per heavy atom. The van der Waals surface area contributed by atoms with Crippen molar-refractivity contribution in [2.45, 2.75) is 142 Å². The number of carbonyl (C=O) groups is 4. The van der Waals surface area contributed by atoms with E-state index in [4.69, 9.17) is 33.5 Å². The molecule has 0 radical (unpaired) electrons. The maximum absolute atomic E-state index is 14.0. The minimum atomic E-state index is -0.943. The van der Waals surface area contributed by atoms with Crippen LogP contribution in [0.15, 0.2) is 29.8 Å². The topological polar surface area (TPSA) is 205 Å². The Morgan fingerprint density at radius 2 is 1.74 bits per heavy atom. The molecule has 18 heteroatoms. The minimum absolute atomic E-state index is 0.00231. The van der Waals surface area contributed by atoms with Crippen molar-refractivity contribution in [2.75, 3.05) is 46.1 Å². The Balaban J connectivity index is 0.758. The Labute approximate surface area is 386 Å². The predicted molar refractivity (Wildman–Crippen MR) is 239 cm³/mol. The van der Waals surface area contributed by atoms with Gasteiger partial charge in [0, 0.05) is 51.2 Å². The van der Waals surface area contributed by atoms with E-state index in [-0.39, 0.29) is 95.3 Å². The molecule has 2 aromatic rings. The van der Waals surface area contributed by atoms with Gasteiger partial charge in [-0.2, -0.15) is 0 Å². The van der Waals surface area contributed by atoms with E-state index in [1.807, 2.05) is 64.4 Å². The first-order valence-electron chi connectivity index (χ1n) is 23.3. The van der Waals surface area contributed by atoms with Crippen LogP contribution >= 0.6 is 11.3 Å². The van der Waals surface area contributed by atoms with Crippen LogP contribution in [0.2, 0.25) is 0 Å². The van der Waals surface area contributed by atoms with Crippen LogP contribution in [0, 0.1) is 36.0 Å². The molecule has 1 spiro atoms. The van der Waals surface area contributed by atoms with E-state index in [1.54, 1.807) is 11.3 Å². The molecule has 11 unspecified atom stereocenters. The van der Waals surface area contributed by atoms with Crippen molar-refractivity contribution in [1.29, 1.82) is 0 Å². The number of aliphatic hydroxyl groups excluding tert-OH is 1. The van der Waals surface area contributed by atoms with Gasteiger partial charge in [0.15, 0.2) is 11.9 Å². The average molecular weight is 928 g/mol. The summed E-state index contributed by atoms with van der Waals surface area (Å²) < 4.78 is 29.7. The lowest BCUT2D eigenvalue weighted by Crippen LogP contribution is -2.70. The van der Waals surface area contributed by atoms with Gasteiger partial charge in [-0.05, 0) is 67.4 Å². The lowest BCUT2D eigenvalue weighted by atomic mass is 9.57. The van der Waals surface area contributed by atoms with E-state index < -0.39 is 53.3 Å². The SMILES string of the molecule is Cc1ncsc1-c1ccc(CNC(=O)C2CC(O)CN2C(=O)C(NC(=O)CCOCCOCCNC(=O)OCCC2OC3OC4(C)CCC5C(C)CCC(C2C)C35OO4)C(C)(C)C)cc1. The number of nitrogens with zero attached hydrogens (tertiary/aromatic N) is 2. The van der Waals surface area contributed by atoms with Gasteiger partial charge >= 0.3 is 6.09 Å². The highest BCUT2D eigenvalue weighted by molar-refractivity contribution is 7.13. The number of aromatic nitrogens is 1. The van der Waals surface area contributed by atoms with Crippen molar-refractivity contribution in [1.82, 2.24) is 25.8 Å². The molecule has 6 heterocycles. The number of alkyl carbamates (subject to hydrolysis) is 1. The normalized spacial score (nSPS) is 31.1. The highest BCUT2D eigenvalue weighted by Crippen LogP contribution is 2.60. The second kappa shape index (κ2) is 21.0. The van der Waals surface area contributed by atoms with Gasteiger partial charge in [0.25, 0.3) is 0 Å². The number of aryl methyl sites for hydroxylation is 1. The molecule has 2 bridgehead atoms. The molecule has 5 aliphatic heterocycles. The number of amides is 4. The zero-order valence-electron chi connectivity index (χ0n) is 38.9. The number of hydrogen-bond acceptors (Lipinski definition) is 14. The molecule has 360 valence electrons. The number of carbonyl (C=O) groups excluding carboxylic acids is 4. The minimum Gasteiger partial charge on any atom is -0.449 e. The Bertz CT molecular complexity index is 1960. The quantitative estimate of drug-likeness (QED) is 0.115. The number of thiazole rings is 1. The summed E-state index contributed by atoms with van der Waals surface area (Å²) in [7, 11) is 0. The molecule has 4 amide bonds. The fourth-order valence-corrected chi connectivity index (χ4v) is 11.2. The third kappa shape index (κ3) is 11.3. The number of likely N-dealkylation sites (tertiary alicyclic amines) is 1. The summed E-state index contributed by atoms with van der Waals surface area (Å²) in [5.41, 5.74) is 3.41. The Kier molecular flexibility index (Phi) is 15.9. The summed E-state index contributed by atoms with van der Waals surface area (Å²) in [6, 6.07) is 6.04. The number of rotatable bonds is 18. The lowest BCUT2D eigenvalue weighted by molar-refractivity contribution is -0.571. The average Bonchev–Trinajstić information content (AvgIpc) is 3.81. The lowest BCUT2D eigenvalue weighted by Gasteiger charge is -2.60. The summed E-state index contributed by atoms with van der Waals surface area (Å²) >= 11 is 1.57. The van der Waals surface area contributed by atoms with E-state index in [0.29, 0.717) is 18.3 Å². The number of fused-ring (bicyclic) bond motifs is 2. The van der Waals surface area contributed by atoms with Gasteiger partial charge in [0.05, 0.1) is 61.3 Å². The van der Waals surface area contributed by atoms with Gasteiger partial charge in [-0.3, -0.25) is 14.4 Å². The number of benzene rings is 1. The zero-order chi connectivity index (χ0) is 46.5. The van der Waals surface area contributed by atoms with Crippen LogP contribution in [0.1, 0.15) is 97.7 Å². The van der Waals surface area contributed by atoms with E-state index in [9.17, 15) is 24.3 Å². The Morgan fingerprint density at radius 3 is 2.46 bits per heavy atom. The summed E-state index contributed by atoms with van der Waals surface area (Å²) in [5, 5.41) is 19.0. The molecule has 1 aromatic heterocycles. The van der Waals surface area contributed by atoms with Crippen LogP contribution < -0.4 is 16.0 Å². The van der Waals surface area contributed by atoms with Crippen LogP contribution in [0.25, 0.3) is 10.4 Å². The van der Waals surface area contributed by atoms with Crippen molar-refractivity contribution < 1.29 is 57.7 Å². The van der Waals surface area contributed by atoms with E-state index in [0.717, 1.165) is 47.4 Å². The summed E-state index contributed by atoms with van der Waals surface area (Å²) in [6.45, 7) is 15.4. The second-order valence-electron chi connectivity index (χ2n) is 19.7. The molecule has 1 aromatic carbocycles. The summed E-state index contributed by atoms with van der Waals surface area (Å²) in [4.78, 5) is 71.8. The molecule has 6 fully saturated rings. The van der Waals surface area contributed by atoms with Crippen LogP contribution in [-0.2, 0) is 54.4 Å². The number of ether oxygens (including phenoxy) is 5. The van der Waals surface area contributed by atoms with Crippen molar-refractivity contribution in [3.05, 3.63) is 41.0 Å². The molecule has 1 aliphatic carbocycles. The number of aliphatic hydroxyl groups is 1. The zero-order valence-corrected chi connectivity index (χ0v) is 39.7. The van der Waals surface area contributed by atoms with Crippen molar-refractivity contribution in [3.8, 4) is 10.4 Å². The van der Waals surface area contributed by atoms with Crippen LogP contribution in [0.5, 0.6) is 0 Å². The fraction of sp³-hybridized carbons (Fsp3) is 0.723. The molecule has 5 saturated heterocycles. The molecule has 11 atom stereocenters. The predicted octanol–water partition coefficient (Wildman–Crippen LogP) is 5.02. The number of β-amino-alcohol motifs (C(OH)–C–C–N with tert-alkyl or cyclic N) is 1. The molecule has 4 N–H and O–H groups in total. The third-order valence-electron chi connectivity index (χ3n) is 14.0. The van der Waals surface area contributed by atoms with Gasteiger partial charge < -0.3 is 49.6 Å².